The molecule has 0 saturated heterocycles. The molecule has 0 spiro atoms. The lowest BCUT2D eigenvalue weighted by Crippen LogP contribution is -2.24. The zero-order valence-electron chi connectivity index (χ0n) is 12.7. The highest BCUT2D eigenvalue weighted by atomic mass is 14.9. The Balaban J connectivity index is 1.73. The minimum absolute atomic E-state index is 0.735. The molecule has 2 heteroatoms. The van der Waals surface area contributed by atoms with Gasteiger partial charge in [0.1, 0.15) is 0 Å². The van der Waals surface area contributed by atoms with Gasteiger partial charge in [0.05, 0.1) is 0 Å². The van der Waals surface area contributed by atoms with Crippen LogP contribution in [0.4, 0.5) is 0 Å². The Kier molecular flexibility index (Phi) is 6.03. The third-order valence-electron chi connectivity index (χ3n) is 3.46. The highest BCUT2D eigenvalue weighted by Crippen LogP contribution is 2.17. The van der Waals surface area contributed by atoms with Crippen molar-refractivity contribution in [2.75, 3.05) is 19.6 Å². The van der Waals surface area contributed by atoms with Crippen molar-refractivity contribution in [1.29, 1.82) is 0 Å². The second-order valence-corrected chi connectivity index (χ2v) is 5.77. The molecule has 0 radical (unpaired) electrons. The summed E-state index contributed by atoms with van der Waals surface area (Å²) in [6.45, 7) is 8.71. The van der Waals surface area contributed by atoms with Gasteiger partial charge in [-0.25, -0.2) is 0 Å². The average Bonchev–Trinajstić information content (AvgIpc) is 2.46. The summed E-state index contributed by atoms with van der Waals surface area (Å²) in [6.07, 6.45) is 1.18. The van der Waals surface area contributed by atoms with Crippen molar-refractivity contribution in [3.05, 3.63) is 48.0 Å². The first-order chi connectivity index (χ1) is 9.77. The van der Waals surface area contributed by atoms with E-state index in [1.807, 2.05) is 0 Å². The Morgan fingerprint density at radius 1 is 0.900 bits per heavy atom. The standard InChI is InChI=1S/C18H26N2/c1-15(2)13-19-11-6-12-20-14-17-9-5-8-16-7-3-4-10-18(16)17/h3-5,7-10,15,19-20H,6,11-14H2,1-2H3. The fourth-order valence-corrected chi connectivity index (χ4v) is 2.40. The second-order valence-electron chi connectivity index (χ2n) is 5.77. The number of rotatable bonds is 8. The molecular weight excluding hydrogens is 244 g/mol. The Hall–Kier alpha value is -1.38. The van der Waals surface area contributed by atoms with Crippen molar-refractivity contribution in [1.82, 2.24) is 10.6 Å². The Morgan fingerprint density at radius 2 is 1.65 bits per heavy atom. The summed E-state index contributed by atoms with van der Waals surface area (Å²) in [5.41, 5.74) is 1.39. The molecule has 2 N–H and O–H groups in total. The van der Waals surface area contributed by atoms with Crippen LogP contribution >= 0.6 is 0 Å². The molecule has 0 atom stereocenters. The van der Waals surface area contributed by atoms with Gasteiger partial charge in [-0.1, -0.05) is 56.3 Å². The molecule has 0 saturated carbocycles. The summed E-state index contributed by atoms with van der Waals surface area (Å²) < 4.78 is 0. The molecule has 2 nitrogen and oxygen atoms in total. The first kappa shape index (κ1) is 15.0. The van der Waals surface area contributed by atoms with Gasteiger partial charge in [-0.2, -0.15) is 0 Å². The predicted molar refractivity (Wildman–Crippen MR) is 88.0 cm³/mol. The maximum Gasteiger partial charge on any atom is 0.0211 e. The van der Waals surface area contributed by atoms with Gasteiger partial charge >= 0.3 is 0 Å². The molecule has 0 aromatic heterocycles. The molecule has 0 aliphatic carbocycles. The molecule has 0 heterocycles. The molecule has 0 fully saturated rings. The van der Waals surface area contributed by atoms with Gasteiger partial charge in [0.15, 0.2) is 0 Å². The molecule has 2 aromatic carbocycles. The summed E-state index contributed by atoms with van der Waals surface area (Å²) >= 11 is 0. The van der Waals surface area contributed by atoms with Gasteiger partial charge in [-0.05, 0) is 48.3 Å². The van der Waals surface area contributed by atoms with Crippen LogP contribution in [0.25, 0.3) is 10.8 Å². The fourth-order valence-electron chi connectivity index (χ4n) is 2.40. The van der Waals surface area contributed by atoms with E-state index in [-0.39, 0.29) is 0 Å². The van der Waals surface area contributed by atoms with Crippen molar-refractivity contribution >= 4 is 10.8 Å². The summed E-state index contributed by atoms with van der Waals surface area (Å²) in [6, 6.07) is 15.1. The van der Waals surface area contributed by atoms with Gasteiger partial charge < -0.3 is 10.6 Å². The smallest absolute Gasteiger partial charge is 0.0211 e. The van der Waals surface area contributed by atoms with E-state index >= 15 is 0 Å². The molecule has 2 aromatic rings. The molecule has 0 amide bonds. The summed E-state index contributed by atoms with van der Waals surface area (Å²) in [5.74, 6) is 0.735. The van der Waals surface area contributed by atoms with Crippen molar-refractivity contribution in [2.45, 2.75) is 26.8 Å². The quantitative estimate of drug-likeness (QED) is 0.717. The first-order valence-electron chi connectivity index (χ1n) is 7.65. The highest BCUT2D eigenvalue weighted by Gasteiger charge is 1.99. The van der Waals surface area contributed by atoms with E-state index in [1.54, 1.807) is 0 Å². The van der Waals surface area contributed by atoms with E-state index in [9.17, 15) is 0 Å². The van der Waals surface area contributed by atoms with Crippen molar-refractivity contribution in [2.24, 2.45) is 5.92 Å². The summed E-state index contributed by atoms with van der Waals surface area (Å²) in [4.78, 5) is 0. The number of hydrogen-bond acceptors (Lipinski definition) is 2. The highest BCUT2D eigenvalue weighted by molar-refractivity contribution is 5.85. The van der Waals surface area contributed by atoms with Gasteiger partial charge in [0.25, 0.3) is 0 Å². The zero-order valence-corrected chi connectivity index (χ0v) is 12.7. The summed E-state index contributed by atoms with van der Waals surface area (Å²) in [7, 11) is 0. The molecule has 2 rings (SSSR count). The van der Waals surface area contributed by atoms with Crippen LogP contribution in [0.1, 0.15) is 25.8 Å². The van der Waals surface area contributed by atoms with Gasteiger partial charge in [-0.15, -0.1) is 0 Å². The third kappa shape index (κ3) is 4.62. The second kappa shape index (κ2) is 8.03. The first-order valence-corrected chi connectivity index (χ1v) is 7.65. The fraction of sp³-hybridized carbons (Fsp3) is 0.444. The van der Waals surface area contributed by atoms with Gasteiger partial charge in [0.2, 0.25) is 0 Å². The van der Waals surface area contributed by atoms with E-state index < -0.39 is 0 Å². The van der Waals surface area contributed by atoms with Crippen LogP contribution in [0.5, 0.6) is 0 Å². The normalized spacial score (nSPS) is 11.3. The molecule has 0 unspecified atom stereocenters. The number of benzene rings is 2. The van der Waals surface area contributed by atoms with E-state index in [1.165, 1.54) is 22.8 Å². The zero-order chi connectivity index (χ0) is 14.2. The maximum atomic E-state index is 3.54. The largest absolute Gasteiger partial charge is 0.316 e. The van der Waals surface area contributed by atoms with Gasteiger partial charge in [-0.3, -0.25) is 0 Å². The number of fused-ring (bicyclic) bond motifs is 1. The Bertz CT molecular complexity index is 514. The van der Waals surface area contributed by atoms with Gasteiger partial charge in [0, 0.05) is 6.54 Å². The van der Waals surface area contributed by atoms with Crippen LogP contribution < -0.4 is 10.6 Å². The monoisotopic (exact) mass is 270 g/mol. The molecular formula is C18H26N2. The molecule has 0 aliphatic heterocycles. The SMILES string of the molecule is CC(C)CNCCCNCc1cccc2ccccc12. The number of nitrogens with one attached hydrogen (secondary N) is 2. The van der Waals surface area contributed by atoms with Crippen LogP contribution in [0, 0.1) is 5.92 Å². The van der Waals surface area contributed by atoms with Crippen LogP contribution in [-0.4, -0.2) is 19.6 Å². The van der Waals surface area contributed by atoms with E-state index in [2.05, 4.69) is 66.9 Å². The predicted octanol–water partition coefficient (Wildman–Crippen LogP) is 3.57. The van der Waals surface area contributed by atoms with E-state index in [4.69, 9.17) is 0 Å². The molecule has 108 valence electrons. The Morgan fingerprint density at radius 3 is 2.50 bits per heavy atom. The average molecular weight is 270 g/mol. The van der Waals surface area contributed by atoms with E-state index in [0.717, 1.165) is 32.1 Å². The Labute approximate surface area is 122 Å². The van der Waals surface area contributed by atoms with Crippen LogP contribution in [-0.2, 0) is 6.54 Å². The van der Waals surface area contributed by atoms with Crippen LogP contribution in [0.3, 0.4) is 0 Å². The van der Waals surface area contributed by atoms with Crippen molar-refractivity contribution in [3.8, 4) is 0 Å². The van der Waals surface area contributed by atoms with Crippen molar-refractivity contribution < 1.29 is 0 Å². The van der Waals surface area contributed by atoms with Crippen LogP contribution in [0.2, 0.25) is 0 Å². The van der Waals surface area contributed by atoms with E-state index in [0.29, 0.717) is 0 Å². The molecule has 0 aliphatic rings. The topological polar surface area (TPSA) is 24.1 Å². The van der Waals surface area contributed by atoms with Crippen molar-refractivity contribution in [3.63, 3.8) is 0 Å². The minimum Gasteiger partial charge on any atom is -0.316 e. The molecule has 0 bridgehead atoms. The number of hydrogen-bond donors (Lipinski definition) is 2. The lowest BCUT2D eigenvalue weighted by Gasteiger charge is -2.09. The lowest BCUT2D eigenvalue weighted by atomic mass is 10.0. The summed E-state index contributed by atoms with van der Waals surface area (Å²) in [5, 5.41) is 9.70. The third-order valence-corrected chi connectivity index (χ3v) is 3.46. The molecule has 20 heavy (non-hydrogen) atoms. The maximum absolute atomic E-state index is 3.54. The lowest BCUT2D eigenvalue weighted by molar-refractivity contribution is 0.530. The minimum atomic E-state index is 0.735. The van der Waals surface area contributed by atoms with Crippen LogP contribution in [0.15, 0.2) is 42.5 Å².